The molecule has 10 nitrogen and oxygen atoms in total. The number of carbonyl (C=O) groups excluding carboxylic acids is 2. The lowest BCUT2D eigenvalue weighted by molar-refractivity contribution is -0.141. The highest BCUT2D eigenvalue weighted by molar-refractivity contribution is 7.80. The predicted octanol–water partition coefficient (Wildman–Crippen LogP) is 2.69. The normalized spacial score (nSPS) is 18.1. The van der Waals surface area contributed by atoms with E-state index in [9.17, 15) is 22.8 Å². The van der Waals surface area contributed by atoms with Crippen LogP contribution in [-0.2, 0) is 15.7 Å². The van der Waals surface area contributed by atoms with Crippen LogP contribution in [0.4, 0.5) is 38.9 Å². The van der Waals surface area contributed by atoms with Crippen molar-refractivity contribution in [2.45, 2.75) is 12.3 Å². The largest absolute Gasteiger partial charge is 0.474 e. The number of ether oxygens (including phenoxy) is 2. The van der Waals surface area contributed by atoms with Crippen molar-refractivity contribution in [1.82, 2.24) is 15.2 Å². The number of nitrogen functional groups attached to an aromatic ring is 1. The van der Waals surface area contributed by atoms with Crippen LogP contribution >= 0.6 is 23.6 Å². The number of halogens is 4. The van der Waals surface area contributed by atoms with Gasteiger partial charge >= 0.3 is 12.3 Å². The summed E-state index contributed by atoms with van der Waals surface area (Å²) in [6.45, 7) is 0.946. The summed E-state index contributed by atoms with van der Waals surface area (Å²) < 4.78 is 64.8. The number of hydrogen-bond donors (Lipinski definition) is 2. The van der Waals surface area contributed by atoms with E-state index in [4.69, 9.17) is 27.4 Å². The van der Waals surface area contributed by atoms with Crippen molar-refractivity contribution >= 4 is 57.2 Å². The SMILES string of the molecule is COC(=S)NC[C@H]1CN(c2ccc(N3CCN(C(=O)c4sc(N)nc4C(F)(F)F)CC3)c(F)c2)C(=O)O1. The van der Waals surface area contributed by atoms with Gasteiger partial charge in [-0.25, -0.2) is 14.2 Å². The highest BCUT2D eigenvalue weighted by Crippen LogP contribution is 2.36. The zero-order valence-corrected chi connectivity index (χ0v) is 21.0. The van der Waals surface area contributed by atoms with E-state index in [0.29, 0.717) is 17.0 Å². The maximum atomic E-state index is 15.0. The van der Waals surface area contributed by atoms with Gasteiger partial charge in [0, 0.05) is 26.2 Å². The molecule has 0 unspecified atom stereocenters. The first-order chi connectivity index (χ1) is 17.5. The summed E-state index contributed by atoms with van der Waals surface area (Å²) in [6, 6.07) is 4.29. The number of rotatable bonds is 5. The Kier molecular flexibility index (Phi) is 7.59. The number of aromatic nitrogens is 1. The topological polar surface area (TPSA) is 113 Å². The van der Waals surface area contributed by atoms with E-state index in [0.717, 1.165) is 0 Å². The minimum atomic E-state index is -4.80. The fraction of sp³-hybridized carbons (Fsp3) is 0.429. The van der Waals surface area contributed by atoms with Gasteiger partial charge in [0.2, 0.25) is 0 Å². The number of benzene rings is 1. The van der Waals surface area contributed by atoms with Crippen LogP contribution < -0.4 is 20.9 Å². The van der Waals surface area contributed by atoms with E-state index in [1.807, 2.05) is 0 Å². The fourth-order valence-corrected chi connectivity index (χ4v) is 4.90. The number of nitrogens with zero attached hydrogens (tertiary/aromatic N) is 4. The Morgan fingerprint density at radius 2 is 2.03 bits per heavy atom. The van der Waals surface area contributed by atoms with Crippen molar-refractivity contribution in [2.75, 3.05) is 61.9 Å². The molecule has 0 radical (unpaired) electrons. The lowest BCUT2D eigenvalue weighted by Gasteiger charge is -2.36. The van der Waals surface area contributed by atoms with Crippen molar-refractivity contribution < 1.29 is 36.6 Å². The highest BCUT2D eigenvalue weighted by Gasteiger charge is 2.41. The molecule has 0 aliphatic carbocycles. The second-order valence-electron chi connectivity index (χ2n) is 8.13. The monoisotopic (exact) mass is 562 g/mol. The molecule has 1 atom stereocenters. The number of alkyl halides is 3. The number of thiazole rings is 1. The van der Waals surface area contributed by atoms with E-state index >= 15 is 4.39 Å². The zero-order chi connectivity index (χ0) is 26.9. The van der Waals surface area contributed by atoms with Crippen molar-refractivity contribution in [3.05, 3.63) is 34.6 Å². The minimum absolute atomic E-state index is 0.0750. The van der Waals surface area contributed by atoms with Gasteiger partial charge in [0.15, 0.2) is 10.8 Å². The van der Waals surface area contributed by atoms with E-state index in [2.05, 4.69) is 10.3 Å². The van der Waals surface area contributed by atoms with Crippen LogP contribution in [0.25, 0.3) is 0 Å². The molecule has 0 saturated carbocycles. The van der Waals surface area contributed by atoms with Gasteiger partial charge in [-0.1, -0.05) is 11.3 Å². The van der Waals surface area contributed by atoms with E-state index in [1.54, 1.807) is 11.0 Å². The van der Waals surface area contributed by atoms with E-state index < -0.39 is 40.7 Å². The van der Waals surface area contributed by atoms with Crippen LogP contribution in [0.1, 0.15) is 15.4 Å². The molecule has 3 heterocycles. The summed E-state index contributed by atoms with van der Waals surface area (Å²) in [7, 11) is 1.41. The number of cyclic esters (lactones) is 1. The molecule has 200 valence electrons. The van der Waals surface area contributed by atoms with Crippen molar-refractivity contribution in [3.63, 3.8) is 0 Å². The van der Waals surface area contributed by atoms with Crippen molar-refractivity contribution in [2.24, 2.45) is 0 Å². The molecule has 1 aromatic heterocycles. The quantitative estimate of drug-likeness (QED) is 0.420. The first-order valence-electron chi connectivity index (χ1n) is 10.9. The molecular formula is C21H22F4N6O4S2. The molecule has 2 aromatic rings. The van der Waals surface area contributed by atoms with Crippen molar-refractivity contribution in [1.29, 1.82) is 0 Å². The second kappa shape index (κ2) is 10.5. The van der Waals surface area contributed by atoms with Crippen LogP contribution in [-0.4, -0.2) is 79.5 Å². The van der Waals surface area contributed by atoms with Crippen LogP contribution in [0.5, 0.6) is 0 Å². The predicted molar refractivity (Wildman–Crippen MR) is 131 cm³/mol. The van der Waals surface area contributed by atoms with Crippen LogP contribution in [0.3, 0.4) is 0 Å². The minimum Gasteiger partial charge on any atom is -0.474 e. The van der Waals surface area contributed by atoms with Gasteiger partial charge in [0.05, 0.1) is 31.6 Å². The smallest absolute Gasteiger partial charge is 0.435 e. The summed E-state index contributed by atoms with van der Waals surface area (Å²) in [4.78, 5) is 31.9. The highest BCUT2D eigenvalue weighted by atomic mass is 32.1. The fourth-order valence-electron chi connectivity index (χ4n) is 4.00. The number of hydrogen-bond acceptors (Lipinski definition) is 9. The number of nitrogens with one attached hydrogen (secondary N) is 1. The number of nitrogens with two attached hydrogens (primary N) is 1. The first kappa shape index (κ1) is 26.7. The number of amides is 2. The molecule has 1 aromatic carbocycles. The third kappa shape index (κ3) is 5.79. The molecule has 2 fully saturated rings. The second-order valence-corrected chi connectivity index (χ2v) is 9.53. The maximum Gasteiger partial charge on any atom is 0.435 e. The number of piperazine rings is 1. The molecule has 4 rings (SSSR count). The first-order valence-corrected chi connectivity index (χ1v) is 12.2. The van der Waals surface area contributed by atoms with Crippen LogP contribution in [0, 0.1) is 5.82 Å². The Balaban J connectivity index is 1.38. The van der Waals surface area contributed by atoms with Gasteiger partial charge in [0.1, 0.15) is 16.8 Å². The Hall–Kier alpha value is -3.40. The lowest BCUT2D eigenvalue weighted by atomic mass is 10.2. The molecule has 0 spiro atoms. The van der Waals surface area contributed by atoms with Gasteiger partial charge in [-0.3, -0.25) is 9.69 Å². The molecule has 2 aliphatic rings. The number of thiocarbonyl (C=S) groups is 1. The molecule has 0 bridgehead atoms. The summed E-state index contributed by atoms with van der Waals surface area (Å²) in [5.41, 5.74) is 4.65. The van der Waals surface area contributed by atoms with Gasteiger partial charge in [-0.05, 0) is 30.4 Å². The third-order valence-corrected chi connectivity index (χ3v) is 6.97. The Bertz CT molecular complexity index is 1200. The molecular weight excluding hydrogens is 540 g/mol. The average molecular weight is 563 g/mol. The van der Waals surface area contributed by atoms with Gasteiger partial charge in [-0.2, -0.15) is 13.2 Å². The van der Waals surface area contributed by atoms with Gasteiger partial charge < -0.3 is 30.3 Å². The maximum absolute atomic E-state index is 15.0. The molecule has 3 N–H and O–H groups in total. The van der Waals surface area contributed by atoms with Crippen LogP contribution in [0.2, 0.25) is 0 Å². The summed E-state index contributed by atoms with van der Waals surface area (Å²) in [6.07, 6.45) is -5.95. The number of anilines is 3. The van der Waals surface area contributed by atoms with E-state index in [-0.39, 0.29) is 55.3 Å². The Morgan fingerprint density at radius 3 is 2.65 bits per heavy atom. The van der Waals surface area contributed by atoms with Gasteiger partial charge in [0.25, 0.3) is 11.1 Å². The molecule has 37 heavy (non-hydrogen) atoms. The number of carbonyl (C=O) groups is 2. The van der Waals surface area contributed by atoms with E-state index in [1.165, 1.54) is 29.0 Å². The standard InChI is InChI=1S/C21H22F4N6O4S2/c1-34-19(36)27-9-12-10-31(20(33)35-12)11-2-3-14(13(22)8-11)29-4-6-30(7-5-29)17(32)15-16(21(23,24)25)28-18(26)37-15/h2-3,8,12H,4-7,9-10H2,1H3,(H2,26,28)(H,27,36)/t12-/m0/s1. The molecule has 16 heteroatoms. The van der Waals surface area contributed by atoms with Gasteiger partial charge in [-0.15, -0.1) is 0 Å². The molecule has 2 saturated heterocycles. The van der Waals surface area contributed by atoms with Crippen LogP contribution in [0.15, 0.2) is 18.2 Å². The Labute approximate surface area is 217 Å². The summed E-state index contributed by atoms with van der Waals surface area (Å²) >= 11 is 5.37. The summed E-state index contributed by atoms with van der Waals surface area (Å²) in [5.74, 6) is -1.42. The van der Waals surface area contributed by atoms with Crippen molar-refractivity contribution in [3.8, 4) is 0 Å². The number of methoxy groups -OCH3 is 1. The third-order valence-electron chi connectivity index (χ3n) is 5.79. The zero-order valence-electron chi connectivity index (χ0n) is 19.4. The average Bonchev–Trinajstić information content (AvgIpc) is 3.44. The molecule has 2 aliphatic heterocycles. The summed E-state index contributed by atoms with van der Waals surface area (Å²) in [5, 5.41) is 2.60. The Morgan fingerprint density at radius 1 is 1.32 bits per heavy atom. The lowest BCUT2D eigenvalue weighted by Crippen LogP contribution is -2.49. The molecule has 2 amide bonds.